The van der Waals surface area contributed by atoms with E-state index in [-0.39, 0.29) is 23.6 Å². The van der Waals surface area contributed by atoms with Gasteiger partial charge in [0, 0.05) is 19.6 Å². The van der Waals surface area contributed by atoms with E-state index in [2.05, 4.69) is 5.32 Å². The number of benzene rings is 1. The molecule has 1 aromatic rings. The van der Waals surface area contributed by atoms with Gasteiger partial charge in [-0.15, -0.1) is 0 Å². The van der Waals surface area contributed by atoms with Crippen LogP contribution in [0.3, 0.4) is 0 Å². The molecule has 4 nitrogen and oxygen atoms in total. The van der Waals surface area contributed by atoms with Gasteiger partial charge in [-0.1, -0.05) is 13.0 Å². The first-order valence-corrected chi connectivity index (χ1v) is 7.04. The minimum atomic E-state index is -0.414. The summed E-state index contributed by atoms with van der Waals surface area (Å²) in [5, 5.41) is 12.6. The normalized spacial score (nSPS) is 22.7. The number of nitrogens with zero attached hydrogens (tertiary/aromatic N) is 1. The van der Waals surface area contributed by atoms with Crippen molar-refractivity contribution in [2.45, 2.75) is 26.4 Å². The standard InChI is InChI=1S/C15H21FN2O2/c1-3-17-14-11(5-4-6-12(14)16)15(20)18-8-7-13(19)10(2)9-18/h4-6,10,13,17,19H,3,7-9H2,1-2H3. The molecule has 0 saturated carbocycles. The molecule has 1 heterocycles. The Bertz CT molecular complexity index is 493. The zero-order chi connectivity index (χ0) is 14.7. The summed E-state index contributed by atoms with van der Waals surface area (Å²) < 4.78 is 13.8. The molecule has 5 heteroatoms. The van der Waals surface area contributed by atoms with Gasteiger partial charge in [0.15, 0.2) is 0 Å². The lowest BCUT2D eigenvalue weighted by Crippen LogP contribution is -2.45. The summed E-state index contributed by atoms with van der Waals surface area (Å²) in [6, 6.07) is 4.53. The maximum absolute atomic E-state index is 13.8. The Hall–Kier alpha value is -1.62. The number of likely N-dealkylation sites (tertiary alicyclic amines) is 1. The molecule has 1 saturated heterocycles. The third-order valence-electron chi connectivity index (χ3n) is 3.74. The Kier molecular flexibility index (Phi) is 4.60. The van der Waals surface area contributed by atoms with Crippen molar-refractivity contribution in [3.8, 4) is 0 Å². The molecule has 2 atom stereocenters. The Balaban J connectivity index is 2.23. The number of piperidine rings is 1. The Labute approximate surface area is 118 Å². The van der Waals surface area contributed by atoms with Crippen LogP contribution < -0.4 is 5.32 Å². The number of amides is 1. The zero-order valence-corrected chi connectivity index (χ0v) is 11.9. The first-order chi connectivity index (χ1) is 9.54. The topological polar surface area (TPSA) is 52.6 Å². The highest BCUT2D eigenvalue weighted by molar-refractivity contribution is 5.99. The number of carbonyl (C=O) groups excluding carboxylic acids is 1. The molecule has 2 unspecified atom stereocenters. The number of anilines is 1. The molecule has 2 N–H and O–H groups in total. The van der Waals surface area contributed by atoms with Crippen LogP contribution in [0.15, 0.2) is 18.2 Å². The zero-order valence-electron chi connectivity index (χ0n) is 11.9. The maximum atomic E-state index is 13.8. The van der Waals surface area contributed by atoms with Crippen molar-refractivity contribution in [2.24, 2.45) is 5.92 Å². The van der Waals surface area contributed by atoms with Gasteiger partial charge in [-0.25, -0.2) is 4.39 Å². The van der Waals surface area contributed by atoms with E-state index in [9.17, 15) is 14.3 Å². The maximum Gasteiger partial charge on any atom is 0.256 e. The van der Waals surface area contributed by atoms with Crippen LogP contribution in [0.5, 0.6) is 0 Å². The molecule has 1 aliphatic rings. The van der Waals surface area contributed by atoms with Crippen molar-refractivity contribution in [2.75, 3.05) is 25.0 Å². The van der Waals surface area contributed by atoms with E-state index in [0.717, 1.165) is 0 Å². The highest BCUT2D eigenvalue weighted by Crippen LogP contribution is 2.24. The van der Waals surface area contributed by atoms with Gasteiger partial charge in [-0.3, -0.25) is 4.79 Å². The van der Waals surface area contributed by atoms with Crippen LogP contribution >= 0.6 is 0 Å². The SMILES string of the molecule is CCNc1c(F)cccc1C(=O)N1CCC(O)C(C)C1. The van der Waals surface area contributed by atoms with E-state index in [4.69, 9.17) is 0 Å². The van der Waals surface area contributed by atoms with Gasteiger partial charge >= 0.3 is 0 Å². The van der Waals surface area contributed by atoms with Crippen LogP contribution in [0.1, 0.15) is 30.6 Å². The Morgan fingerprint density at radius 1 is 1.55 bits per heavy atom. The molecule has 0 bridgehead atoms. The van der Waals surface area contributed by atoms with Gasteiger partial charge in [0.05, 0.1) is 17.4 Å². The fourth-order valence-electron chi connectivity index (χ4n) is 2.55. The van der Waals surface area contributed by atoms with E-state index in [0.29, 0.717) is 31.6 Å². The summed E-state index contributed by atoms with van der Waals surface area (Å²) in [6.07, 6.45) is 0.207. The first-order valence-electron chi connectivity index (χ1n) is 7.04. The van der Waals surface area contributed by atoms with Crippen LogP contribution in [0.25, 0.3) is 0 Å². The second-order valence-corrected chi connectivity index (χ2v) is 5.28. The molecule has 2 rings (SSSR count). The van der Waals surface area contributed by atoms with Crippen molar-refractivity contribution in [1.29, 1.82) is 0 Å². The van der Waals surface area contributed by atoms with Crippen LogP contribution in [-0.4, -0.2) is 41.7 Å². The lowest BCUT2D eigenvalue weighted by molar-refractivity contribution is 0.0298. The van der Waals surface area contributed by atoms with E-state index < -0.39 is 5.82 Å². The Morgan fingerprint density at radius 2 is 2.30 bits per heavy atom. The van der Waals surface area contributed by atoms with Crippen molar-refractivity contribution >= 4 is 11.6 Å². The van der Waals surface area contributed by atoms with Crippen molar-refractivity contribution in [1.82, 2.24) is 4.90 Å². The number of halogens is 1. The lowest BCUT2D eigenvalue weighted by Gasteiger charge is -2.34. The van der Waals surface area contributed by atoms with Crippen molar-refractivity contribution in [3.63, 3.8) is 0 Å². The average Bonchev–Trinajstić information content (AvgIpc) is 2.43. The van der Waals surface area contributed by atoms with Crippen molar-refractivity contribution < 1.29 is 14.3 Å². The van der Waals surface area contributed by atoms with Crippen LogP contribution in [0.4, 0.5) is 10.1 Å². The van der Waals surface area contributed by atoms with Crippen LogP contribution in [0, 0.1) is 11.7 Å². The molecule has 0 spiro atoms. The number of hydrogen-bond donors (Lipinski definition) is 2. The van der Waals surface area contributed by atoms with Crippen LogP contribution in [0.2, 0.25) is 0 Å². The lowest BCUT2D eigenvalue weighted by atomic mass is 9.96. The van der Waals surface area contributed by atoms with Gasteiger partial charge in [-0.2, -0.15) is 0 Å². The number of para-hydroxylation sites is 1. The summed E-state index contributed by atoms with van der Waals surface area (Å²) in [7, 11) is 0. The molecule has 1 amide bonds. The molecule has 110 valence electrons. The third-order valence-corrected chi connectivity index (χ3v) is 3.74. The summed E-state index contributed by atoms with van der Waals surface area (Å²) in [6.45, 7) is 5.34. The predicted octanol–water partition coefficient (Wildman–Crippen LogP) is 2.10. The first kappa shape index (κ1) is 14.8. The molecule has 1 aliphatic heterocycles. The van der Waals surface area contributed by atoms with E-state index in [1.54, 1.807) is 17.0 Å². The van der Waals surface area contributed by atoms with Crippen molar-refractivity contribution in [3.05, 3.63) is 29.6 Å². The van der Waals surface area contributed by atoms with E-state index in [1.807, 2.05) is 13.8 Å². The molecule has 0 aromatic heterocycles. The number of rotatable bonds is 3. The molecule has 0 aliphatic carbocycles. The quantitative estimate of drug-likeness (QED) is 0.891. The highest BCUT2D eigenvalue weighted by Gasteiger charge is 2.29. The second kappa shape index (κ2) is 6.22. The smallest absolute Gasteiger partial charge is 0.256 e. The van der Waals surface area contributed by atoms with Gasteiger partial charge in [0.2, 0.25) is 0 Å². The van der Waals surface area contributed by atoms with Gasteiger partial charge < -0.3 is 15.3 Å². The molecular weight excluding hydrogens is 259 g/mol. The average molecular weight is 280 g/mol. The van der Waals surface area contributed by atoms with Gasteiger partial charge in [0.25, 0.3) is 5.91 Å². The van der Waals surface area contributed by atoms with Gasteiger partial charge in [-0.05, 0) is 31.4 Å². The molecular formula is C15H21FN2O2. The molecule has 1 fully saturated rings. The summed E-state index contributed by atoms with van der Waals surface area (Å²) in [5.41, 5.74) is 0.620. The number of aliphatic hydroxyl groups is 1. The third kappa shape index (κ3) is 2.93. The fourth-order valence-corrected chi connectivity index (χ4v) is 2.55. The number of aliphatic hydroxyl groups excluding tert-OH is 1. The Morgan fingerprint density at radius 3 is 2.95 bits per heavy atom. The number of nitrogens with one attached hydrogen (secondary N) is 1. The minimum absolute atomic E-state index is 0.0452. The summed E-state index contributed by atoms with van der Waals surface area (Å²) >= 11 is 0. The molecule has 1 aromatic carbocycles. The number of carbonyl (C=O) groups is 1. The second-order valence-electron chi connectivity index (χ2n) is 5.28. The predicted molar refractivity (Wildman–Crippen MR) is 76.3 cm³/mol. The largest absolute Gasteiger partial charge is 0.393 e. The van der Waals surface area contributed by atoms with E-state index in [1.165, 1.54) is 6.07 Å². The molecule has 0 radical (unpaired) electrons. The minimum Gasteiger partial charge on any atom is -0.393 e. The monoisotopic (exact) mass is 280 g/mol. The highest BCUT2D eigenvalue weighted by atomic mass is 19.1. The van der Waals surface area contributed by atoms with E-state index >= 15 is 0 Å². The number of hydrogen-bond acceptors (Lipinski definition) is 3. The van der Waals surface area contributed by atoms with Crippen LogP contribution in [-0.2, 0) is 0 Å². The van der Waals surface area contributed by atoms with Gasteiger partial charge in [0.1, 0.15) is 5.82 Å². The fraction of sp³-hybridized carbons (Fsp3) is 0.533. The molecule has 20 heavy (non-hydrogen) atoms. The summed E-state index contributed by atoms with van der Waals surface area (Å²) in [4.78, 5) is 14.2. The summed E-state index contributed by atoms with van der Waals surface area (Å²) in [5.74, 6) is -0.550.